The molecule has 2 heterocycles. The first-order valence-electron chi connectivity index (χ1n) is 4.91. The van der Waals surface area contributed by atoms with Crippen LogP contribution in [0.4, 0.5) is 5.69 Å². The molecule has 2 rings (SSSR count). The largest absolute Gasteiger partial charge is 0.381 e. The molecule has 1 fully saturated rings. The van der Waals surface area contributed by atoms with Crippen molar-refractivity contribution >= 4 is 17.4 Å². The van der Waals surface area contributed by atoms with Crippen molar-refractivity contribution < 1.29 is 0 Å². The van der Waals surface area contributed by atoms with Gasteiger partial charge in [-0.05, 0) is 25.5 Å². The fraction of sp³-hybridized carbons (Fsp3) is 0.600. The topological polar surface area (TPSA) is 37.8 Å². The number of nitrogens with one attached hydrogen (secondary N) is 1. The normalized spacial score (nSPS) is 26.4. The molecule has 0 radical (unpaired) electrons. The minimum atomic E-state index is 0.399. The second-order valence-electron chi connectivity index (χ2n) is 3.88. The van der Waals surface area contributed by atoms with Crippen LogP contribution >= 0.6 is 11.8 Å². The van der Waals surface area contributed by atoms with Crippen molar-refractivity contribution in [2.75, 3.05) is 17.6 Å². The average Bonchev–Trinajstić information content (AvgIpc) is 2.65. The van der Waals surface area contributed by atoms with E-state index < -0.39 is 0 Å². The Hall–Kier alpha value is -0.770. The van der Waals surface area contributed by atoms with Gasteiger partial charge in [0.15, 0.2) is 0 Å². The van der Waals surface area contributed by atoms with Crippen molar-refractivity contribution in [3.05, 3.63) is 18.7 Å². The quantitative estimate of drug-likeness (QED) is 0.828. The van der Waals surface area contributed by atoms with Gasteiger partial charge in [-0.3, -0.25) is 0 Å². The zero-order chi connectivity index (χ0) is 9.86. The maximum Gasteiger partial charge on any atom is 0.115 e. The number of nitrogens with zero attached hydrogens (tertiary/aromatic N) is 2. The molecule has 0 bridgehead atoms. The first kappa shape index (κ1) is 9.77. The van der Waals surface area contributed by atoms with Crippen molar-refractivity contribution in [1.29, 1.82) is 0 Å². The summed E-state index contributed by atoms with van der Waals surface area (Å²) >= 11 is 2.06. The van der Waals surface area contributed by atoms with Gasteiger partial charge in [0, 0.05) is 11.3 Å². The lowest BCUT2D eigenvalue weighted by Gasteiger charge is -2.23. The highest BCUT2D eigenvalue weighted by Gasteiger charge is 2.28. The Balaban J connectivity index is 1.88. The van der Waals surface area contributed by atoms with E-state index in [9.17, 15) is 0 Å². The summed E-state index contributed by atoms with van der Waals surface area (Å²) in [6.45, 7) is 3.33. The van der Waals surface area contributed by atoms with E-state index in [-0.39, 0.29) is 0 Å². The molecule has 0 aliphatic carbocycles. The van der Waals surface area contributed by atoms with Gasteiger partial charge in [0.2, 0.25) is 0 Å². The minimum Gasteiger partial charge on any atom is -0.381 e. The second kappa shape index (κ2) is 4.17. The van der Waals surface area contributed by atoms with E-state index in [0.29, 0.717) is 4.75 Å². The van der Waals surface area contributed by atoms with E-state index in [1.54, 1.807) is 6.33 Å². The van der Waals surface area contributed by atoms with Crippen LogP contribution in [0.1, 0.15) is 19.8 Å². The number of hydrogen-bond donors (Lipinski definition) is 1. The van der Waals surface area contributed by atoms with E-state index in [1.165, 1.54) is 18.6 Å². The molecule has 1 aromatic rings. The van der Waals surface area contributed by atoms with Crippen LogP contribution in [-0.4, -0.2) is 27.0 Å². The molecule has 0 amide bonds. The van der Waals surface area contributed by atoms with Crippen LogP contribution < -0.4 is 5.32 Å². The molecule has 1 N–H and O–H groups in total. The Morgan fingerprint density at radius 1 is 1.50 bits per heavy atom. The molecule has 0 saturated carbocycles. The van der Waals surface area contributed by atoms with Crippen LogP contribution in [0.25, 0.3) is 0 Å². The number of aromatic nitrogens is 2. The molecule has 0 spiro atoms. The smallest absolute Gasteiger partial charge is 0.115 e. The SMILES string of the molecule is CC1(CNc2cncnc2)CCCS1. The third kappa shape index (κ3) is 2.38. The summed E-state index contributed by atoms with van der Waals surface area (Å²) in [6, 6.07) is 0. The van der Waals surface area contributed by atoms with Gasteiger partial charge in [-0.25, -0.2) is 9.97 Å². The second-order valence-corrected chi connectivity index (χ2v) is 5.57. The van der Waals surface area contributed by atoms with Gasteiger partial charge in [0.05, 0.1) is 18.1 Å². The number of rotatable bonds is 3. The Bertz CT molecular complexity index is 283. The molecule has 0 aromatic carbocycles. The number of thioether (sulfide) groups is 1. The summed E-state index contributed by atoms with van der Waals surface area (Å²) in [5.74, 6) is 1.30. The first-order valence-corrected chi connectivity index (χ1v) is 5.90. The van der Waals surface area contributed by atoms with Crippen molar-refractivity contribution in [3.8, 4) is 0 Å². The third-order valence-corrected chi connectivity index (χ3v) is 4.07. The maximum atomic E-state index is 3.97. The highest BCUT2D eigenvalue weighted by Crippen LogP contribution is 2.37. The van der Waals surface area contributed by atoms with Gasteiger partial charge in [-0.15, -0.1) is 0 Å². The standard InChI is InChI=1S/C10H15N3S/c1-10(3-2-4-14-10)7-13-9-5-11-8-12-6-9/h5-6,8,13H,2-4,7H2,1H3. The van der Waals surface area contributed by atoms with E-state index in [1.807, 2.05) is 12.4 Å². The van der Waals surface area contributed by atoms with Crippen LogP contribution in [0.3, 0.4) is 0 Å². The fourth-order valence-electron chi connectivity index (χ4n) is 1.66. The molecule has 3 nitrogen and oxygen atoms in total. The van der Waals surface area contributed by atoms with Crippen molar-refractivity contribution in [3.63, 3.8) is 0 Å². The van der Waals surface area contributed by atoms with Gasteiger partial charge >= 0.3 is 0 Å². The number of anilines is 1. The predicted molar refractivity (Wildman–Crippen MR) is 60.6 cm³/mol. The molecular weight excluding hydrogens is 194 g/mol. The summed E-state index contributed by atoms with van der Waals surface area (Å²) in [5.41, 5.74) is 1.02. The molecule has 1 unspecified atom stereocenters. The predicted octanol–water partition coefficient (Wildman–Crippen LogP) is 2.17. The molecule has 1 saturated heterocycles. The van der Waals surface area contributed by atoms with Crippen LogP contribution in [0.5, 0.6) is 0 Å². The van der Waals surface area contributed by atoms with E-state index in [2.05, 4.69) is 34.0 Å². The lowest BCUT2D eigenvalue weighted by molar-refractivity contribution is 0.634. The monoisotopic (exact) mass is 209 g/mol. The van der Waals surface area contributed by atoms with Crippen LogP contribution in [0.15, 0.2) is 18.7 Å². The van der Waals surface area contributed by atoms with Gasteiger partial charge < -0.3 is 5.32 Å². The van der Waals surface area contributed by atoms with Crippen molar-refractivity contribution in [2.45, 2.75) is 24.5 Å². The van der Waals surface area contributed by atoms with Gasteiger partial charge in [0.25, 0.3) is 0 Å². The maximum absolute atomic E-state index is 3.97. The molecule has 1 aliphatic rings. The average molecular weight is 209 g/mol. The molecule has 1 aliphatic heterocycles. The Labute approximate surface area is 88.7 Å². The zero-order valence-corrected chi connectivity index (χ0v) is 9.18. The minimum absolute atomic E-state index is 0.399. The van der Waals surface area contributed by atoms with Gasteiger partial charge in [-0.2, -0.15) is 11.8 Å². The summed E-state index contributed by atoms with van der Waals surface area (Å²) in [5, 5.41) is 3.38. The molecule has 14 heavy (non-hydrogen) atoms. The third-order valence-electron chi connectivity index (χ3n) is 2.53. The van der Waals surface area contributed by atoms with E-state index in [4.69, 9.17) is 0 Å². The van der Waals surface area contributed by atoms with E-state index >= 15 is 0 Å². The van der Waals surface area contributed by atoms with E-state index in [0.717, 1.165) is 12.2 Å². The highest BCUT2D eigenvalue weighted by atomic mass is 32.2. The summed E-state index contributed by atoms with van der Waals surface area (Å²) in [6.07, 6.45) is 7.83. The van der Waals surface area contributed by atoms with Gasteiger partial charge in [0.1, 0.15) is 6.33 Å². The molecule has 4 heteroatoms. The Morgan fingerprint density at radius 3 is 2.93 bits per heavy atom. The van der Waals surface area contributed by atoms with Crippen LogP contribution in [0, 0.1) is 0 Å². The summed E-state index contributed by atoms with van der Waals surface area (Å²) in [7, 11) is 0. The molecule has 1 atom stereocenters. The van der Waals surface area contributed by atoms with Crippen LogP contribution in [0.2, 0.25) is 0 Å². The first-order chi connectivity index (χ1) is 6.79. The Morgan fingerprint density at radius 2 is 2.29 bits per heavy atom. The zero-order valence-electron chi connectivity index (χ0n) is 8.36. The summed E-state index contributed by atoms with van der Waals surface area (Å²) < 4.78 is 0.399. The summed E-state index contributed by atoms with van der Waals surface area (Å²) in [4.78, 5) is 7.94. The molecule has 76 valence electrons. The number of hydrogen-bond acceptors (Lipinski definition) is 4. The molecular formula is C10H15N3S. The fourth-order valence-corrected chi connectivity index (χ4v) is 2.90. The lowest BCUT2D eigenvalue weighted by Crippen LogP contribution is -2.27. The Kier molecular flexibility index (Phi) is 2.91. The van der Waals surface area contributed by atoms with Crippen LogP contribution in [-0.2, 0) is 0 Å². The lowest BCUT2D eigenvalue weighted by atomic mass is 10.1. The van der Waals surface area contributed by atoms with Crippen molar-refractivity contribution in [2.24, 2.45) is 0 Å². The highest BCUT2D eigenvalue weighted by molar-refractivity contribution is 8.00. The van der Waals surface area contributed by atoms with Gasteiger partial charge in [-0.1, -0.05) is 0 Å². The van der Waals surface area contributed by atoms with Crippen molar-refractivity contribution in [1.82, 2.24) is 9.97 Å². The molecule has 1 aromatic heterocycles.